The smallest absolute Gasteiger partial charge is 0.248 e. The van der Waals surface area contributed by atoms with Crippen LogP contribution in [0.4, 0.5) is 5.82 Å². The highest BCUT2D eigenvalue weighted by Gasteiger charge is 2.10. The second-order valence-electron chi connectivity index (χ2n) is 3.33. The summed E-state index contributed by atoms with van der Waals surface area (Å²) in [5.74, 6) is 1.42. The Morgan fingerprint density at radius 2 is 2.41 bits per heavy atom. The van der Waals surface area contributed by atoms with Crippen molar-refractivity contribution >= 4 is 17.2 Å². The first-order chi connectivity index (χ1) is 8.31. The molecule has 8 heteroatoms. The number of hydrogen-bond donors (Lipinski definition) is 1. The predicted octanol–water partition coefficient (Wildman–Crippen LogP) is 1.02. The van der Waals surface area contributed by atoms with E-state index in [2.05, 4.69) is 20.5 Å². The summed E-state index contributed by atoms with van der Waals surface area (Å²) < 4.78 is 6.66. The van der Waals surface area contributed by atoms with E-state index in [1.54, 1.807) is 22.2 Å². The van der Waals surface area contributed by atoms with Crippen molar-refractivity contribution in [3.05, 3.63) is 29.6 Å². The van der Waals surface area contributed by atoms with Crippen LogP contribution in [0.25, 0.3) is 10.7 Å². The van der Waals surface area contributed by atoms with Gasteiger partial charge in [-0.05, 0) is 11.4 Å². The minimum absolute atomic E-state index is 0.364. The summed E-state index contributed by atoms with van der Waals surface area (Å²) in [6.07, 6.45) is 1.61. The quantitative estimate of drug-likeness (QED) is 0.743. The molecule has 0 amide bonds. The van der Waals surface area contributed by atoms with Crippen LogP contribution in [-0.2, 0) is 6.54 Å². The molecule has 0 fully saturated rings. The third-order valence-corrected chi connectivity index (χ3v) is 2.93. The molecule has 0 atom stereocenters. The number of hydrogen-bond acceptors (Lipinski definition) is 7. The Morgan fingerprint density at radius 1 is 1.47 bits per heavy atom. The topological polar surface area (TPSA) is 95.7 Å². The lowest BCUT2D eigenvalue weighted by Gasteiger charge is -1.91. The zero-order chi connectivity index (χ0) is 11.7. The zero-order valence-electron chi connectivity index (χ0n) is 8.65. The van der Waals surface area contributed by atoms with Crippen LogP contribution >= 0.6 is 11.3 Å². The molecule has 0 aliphatic carbocycles. The van der Waals surface area contributed by atoms with Crippen LogP contribution in [0.2, 0.25) is 0 Å². The highest BCUT2D eigenvalue weighted by atomic mass is 32.1. The fraction of sp³-hybridized carbons (Fsp3) is 0.111. The first kappa shape index (κ1) is 9.97. The summed E-state index contributed by atoms with van der Waals surface area (Å²) in [6.45, 7) is 0.364. The minimum atomic E-state index is 0.364. The highest BCUT2D eigenvalue weighted by Crippen LogP contribution is 2.21. The van der Waals surface area contributed by atoms with Gasteiger partial charge in [-0.1, -0.05) is 16.4 Å². The molecule has 0 aliphatic rings. The van der Waals surface area contributed by atoms with E-state index in [1.165, 1.54) is 0 Å². The van der Waals surface area contributed by atoms with Gasteiger partial charge in [0.2, 0.25) is 11.7 Å². The number of nitrogens with two attached hydrogens (primary N) is 1. The van der Waals surface area contributed by atoms with Gasteiger partial charge in [-0.3, -0.25) is 0 Å². The SMILES string of the molecule is Nc1cn(Cc2nc(-c3cccs3)no2)nn1. The summed E-state index contributed by atoms with van der Waals surface area (Å²) in [5, 5.41) is 13.3. The molecule has 3 rings (SSSR count). The van der Waals surface area contributed by atoms with Gasteiger partial charge in [-0.15, -0.1) is 16.4 Å². The van der Waals surface area contributed by atoms with Crippen molar-refractivity contribution in [3.63, 3.8) is 0 Å². The third-order valence-electron chi connectivity index (χ3n) is 2.06. The number of rotatable bonds is 3. The summed E-state index contributed by atoms with van der Waals surface area (Å²) in [6, 6.07) is 3.88. The second-order valence-corrected chi connectivity index (χ2v) is 4.28. The van der Waals surface area contributed by atoms with E-state index in [1.807, 2.05) is 17.5 Å². The van der Waals surface area contributed by atoms with E-state index in [0.29, 0.717) is 24.1 Å². The molecular formula is C9H8N6OS. The molecule has 0 bridgehead atoms. The lowest BCUT2D eigenvalue weighted by molar-refractivity contribution is 0.364. The Kier molecular flexibility index (Phi) is 2.33. The molecule has 2 N–H and O–H groups in total. The van der Waals surface area contributed by atoms with Crippen molar-refractivity contribution in [2.45, 2.75) is 6.54 Å². The molecule has 0 spiro atoms. The summed E-state index contributed by atoms with van der Waals surface area (Å²) in [4.78, 5) is 5.23. The van der Waals surface area contributed by atoms with Crippen molar-refractivity contribution in [1.82, 2.24) is 25.1 Å². The number of aromatic nitrogens is 5. The first-order valence-electron chi connectivity index (χ1n) is 4.83. The van der Waals surface area contributed by atoms with Gasteiger partial charge in [0.1, 0.15) is 6.54 Å². The maximum Gasteiger partial charge on any atom is 0.248 e. The van der Waals surface area contributed by atoms with Crippen LogP contribution < -0.4 is 5.73 Å². The van der Waals surface area contributed by atoms with Crippen LogP contribution in [0, 0.1) is 0 Å². The van der Waals surface area contributed by atoms with Crippen molar-refractivity contribution in [2.24, 2.45) is 0 Å². The van der Waals surface area contributed by atoms with E-state index in [0.717, 1.165) is 4.88 Å². The Bertz CT molecular complexity index is 613. The molecule has 3 heterocycles. The molecule has 17 heavy (non-hydrogen) atoms. The number of nitrogen functional groups attached to an aromatic ring is 1. The van der Waals surface area contributed by atoms with Crippen LogP contribution in [0.5, 0.6) is 0 Å². The Morgan fingerprint density at radius 3 is 3.12 bits per heavy atom. The van der Waals surface area contributed by atoms with Gasteiger partial charge < -0.3 is 10.3 Å². The van der Waals surface area contributed by atoms with Gasteiger partial charge in [0, 0.05) is 0 Å². The van der Waals surface area contributed by atoms with Crippen LogP contribution in [0.1, 0.15) is 5.89 Å². The summed E-state index contributed by atoms with van der Waals surface area (Å²) in [7, 11) is 0. The maximum absolute atomic E-state index is 5.46. The van der Waals surface area contributed by atoms with E-state index >= 15 is 0 Å². The highest BCUT2D eigenvalue weighted by molar-refractivity contribution is 7.13. The van der Waals surface area contributed by atoms with Crippen LogP contribution in [0.15, 0.2) is 28.2 Å². The molecule has 3 aromatic heterocycles. The average Bonchev–Trinajstić information content (AvgIpc) is 3.00. The average molecular weight is 248 g/mol. The molecule has 0 unspecified atom stereocenters. The van der Waals surface area contributed by atoms with Gasteiger partial charge in [0.25, 0.3) is 0 Å². The van der Waals surface area contributed by atoms with Crippen molar-refractivity contribution in [3.8, 4) is 10.7 Å². The van der Waals surface area contributed by atoms with Crippen molar-refractivity contribution in [2.75, 3.05) is 5.73 Å². The van der Waals surface area contributed by atoms with Gasteiger partial charge in [0.05, 0.1) is 11.1 Å². The largest absolute Gasteiger partial charge is 0.381 e. The molecule has 86 valence electrons. The Labute approximate surface area is 99.9 Å². The zero-order valence-corrected chi connectivity index (χ0v) is 9.46. The minimum Gasteiger partial charge on any atom is -0.381 e. The molecule has 3 aromatic rings. The van der Waals surface area contributed by atoms with Crippen molar-refractivity contribution < 1.29 is 4.52 Å². The molecule has 0 saturated carbocycles. The molecule has 0 aromatic carbocycles. The van der Waals surface area contributed by atoms with Gasteiger partial charge in [-0.25, -0.2) is 4.68 Å². The summed E-state index contributed by atoms with van der Waals surface area (Å²) in [5.41, 5.74) is 5.46. The monoisotopic (exact) mass is 248 g/mol. The standard InChI is InChI=1S/C9H8N6OS/c10-7-4-15(14-12-7)5-8-11-9(13-16-8)6-2-1-3-17-6/h1-4H,5,10H2. The number of anilines is 1. The van der Waals surface area contributed by atoms with E-state index in [4.69, 9.17) is 10.3 Å². The van der Waals surface area contributed by atoms with E-state index in [-0.39, 0.29) is 0 Å². The maximum atomic E-state index is 5.46. The summed E-state index contributed by atoms with van der Waals surface area (Å²) >= 11 is 1.56. The lowest BCUT2D eigenvalue weighted by atomic mass is 10.4. The molecule has 0 radical (unpaired) electrons. The third kappa shape index (κ3) is 2.02. The van der Waals surface area contributed by atoms with E-state index in [9.17, 15) is 0 Å². The van der Waals surface area contributed by atoms with E-state index < -0.39 is 0 Å². The Balaban J connectivity index is 1.81. The second kappa shape index (κ2) is 3.98. The molecule has 0 aliphatic heterocycles. The first-order valence-corrected chi connectivity index (χ1v) is 5.71. The van der Waals surface area contributed by atoms with Gasteiger partial charge in [0.15, 0.2) is 5.82 Å². The Hall–Kier alpha value is -2.22. The molecule has 7 nitrogen and oxygen atoms in total. The normalized spacial score (nSPS) is 10.8. The van der Waals surface area contributed by atoms with Crippen LogP contribution in [0.3, 0.4) is 0 Å². The lowest BCUT2D eigenvalue weighted by Crippen LogP contribution is -2.00. The van der Waals surface area contributed by atoms with Crippen molar-refractivity contribution in [1.29, 1.82) is 0 Å². The molecular weight excluding hydrogens is 240 g/mol. The van der Waals surface area contributed by atoms with Gasteiger partial charge in [-0.2, -0.15) is 4.98 Å². The number of nitrogens with zero attached hydrogens (tertiary/aromatic N) is 5. The predicted molar refractivity (Wildman–Crippen MR) is 61.1 cm³/mol. The molecule has 0 saturated heterocycles. The fourth-order valence-electron chi connectivity index (χ4n) is 1.35. The number of thiophene rings is 1. The van der Waals surface area contributed by atoms with Gasteiger partial charge >= 0.3 is 0 Å². The fourth-order valence-corrected chi connectivity index (χ4v) is 2.00. The van der Waals surface area contributed by atoms with Crippen LogP contribution in [-0.4, -0.2) is 25.1 Å².